The fourth-order valence-corrected chi connectivity index (χ4v) is 1.21. The van der Waals surface area contributed by atoms with Gasteiger partial charge in [0.1, 0.15) is 11.8 Å². The van der Waals surface area contributed by atoms with E-state index in [9.17, 15) is 0 Å². The van der Waals surface area contributed by atoms with Gasteiger partial charge in [-0.3, -0.25) is 0 Å². The molecule has 4 nitrogen and oxygen atoms in total. The molecule has 0 aliphatic carbocycles. The highest BCUT2D eigenvalue weighted by molar-refractivity contribution is 5.51. The molecule has 0 spiro atoms. The number of para-hydroxylation sites is 1. The van der Waals surface area contributed by atoms with Crippen LogP contribution in [0.25, 0.3) is 0 Å². The van der Waals surface area contributed by atoms with Crippen molar-refractivity contribution < 1.29 is 4.74 Å². The van der Waals surface area contributed by atoms with E-state index in [4.69, 9.17) is 15.7 Å². The van der Waals surface area contributed by atoms with Gasteiger partial charge in [0.15, 0.2) is 5.69 Å². The molecule has 0 aliphatic rings. The highest BCUT2D eigenvalue weighted by Gasteiger charge is 2.03. The summed E-state index contributed by atoms with van der Waals surface area (Å²) < 4.78 is 5.46. The van der Waals surface area contributed by atoms with Crippen LogP contribution in [0.15, 0.2) is 42.5 Å². The van der Waals surface area contributed by atoms with E-state index in [2.05, 4.69) is 4.98 Å². The fourth-order valence-electron chi connectivity index (χ4n) is 1.21. The smallest absolute Gasteiger partial charge is 0.220 e. The SMILES string of the molecule is N#Cc1nc(Oc2ccccc2)ccc1N. The van der Waals surface area contributed by atoms with E-state index in [0.29, 0.717) is 17.3 Å². The first-order chi connectivity index (χ1) is 7.79. The molecule has 16 heavy (non-hydrogen) atoms. The number of nitrogens with two attached hydrogens (primary N) is 1. The van der Waals surface area contributed by atoms with Crippen molar-refractivity contribution in [2.24, 2.45) is 0 Å². The Hall–Kier alpha value is -2.54. The Morgan fingerprint density at radius 3 is 2.56 bits per heavy atom. The lowest BCUT2D eigenvalue weighted by Gasteiger charge is -2.05. The minimum absolute atomic E-state index is 0.174. The molecule has 0 saturated carbocycles. The van der Waals surface area contributed by atoms with Crippen molar-refractivity contribution in [1.29, 1.82) is 5.26 Å². The molecule has 0 unspecified atom stereocenters. The molecule has 0 amide bonds. The first kappa shape index (κ1) is 9.99. The second-order valence-corrected chi connectivity index (χ2v) is 3.11. The van der Waals surface area contributed by atoms with Gasteiger partial charge in [0.05, 0.1) is 5.69 Å². The van der Waals surface area contributed by atoms with E-state index in [1.807, 2.05) is 36.4 Å². The fraction of sp³-hybridized carbons (Fsp3) is 0. The Bertz CT molecular complexity index is 532. The summed E-state index contributed by atoms with van der Waals surface area (Å²) in [5.41, 5.74) is 6.08. The predicted octanol–water partition coefficient (Wildman–Crippen LogP) is 2.33. The van der Waals surface area contributed by atoms with Crippen LogP contribution in [-0.2, 0) is 0 Å². The van der Waals surface area contributed by atoms with Gasteiger partial charge < -0.3 is 10.5 Å². The number of nitrogens with zero attached hydrogens (tertiary/aromatic N) is 2. The van der Waals surface area contributed by atoms with Crippen LogP contribution in [0.4, 0.5) is 5.69 Å². The Labute approximate surface area is 92.9 Å². The van der Waals surface area contributed by atoms with E-state index < -0.39 is 0 Å². The van der Waals surface area contributed by atoms with E-state index in [-0.39, 0.29) is 5.69 Å². The third-order valence-corrected chi connectivity index (χ3v) is 1.97. The second-order valence-electron chi connectivity index (χ2n) is 3.11. The first-order valence-corrected chi connectivity index (χ1v) is 4.69. The summed E-state index contributed by atoms with van der Waals surface area (Å²) in [6.07, 6.45) is 0. The molecule has 0 radical (unpaired) electrons. The summed E-state index contributed by atoms with van der Waals surface area (Å²) >= 11 is 0. The Morgan fingerprint density at radius 1 is 1.12 bits per heavy atom. The standard InChI is InChI=1S/C12H9N3O/c13-8-11-10(14)6-7-12(15-11)16-9-4-2-1-3-5-9/h1-7H,14H2. The second kappa shape index (κ2) is 4.32. The number of ether oxygens (including phenoxy) is 1. The molecule has 0 fully saturated rings. The summed E-state index contributed by atoms with van der Waals surface area (Å²) in [6.45, 7) is 0. The van der Waals surface area contributed by atoms with Crippen LogP contribution >= 0.6 is 0 Å². The number of nitrogen functional groups attached to an aromatic ring is 1. The molecule has 0 aliphatic heterocycles. The summed E-state index contributed by atoms with van der Waals surface area (Å²) in [5.74, 6) is 1.03. The Kier molecular flexibility index (Phi) is 2.70. The van der Waals surface area contributed by atoms with Gasteiger partial charge in [-0.25, -0.2) is 4.98 Å². The molecule has 2 N–H and O–H groups in total. The highest BCUT2D eigenvalue weighted by Crippen LogP contribution is 2.20. The lowest BCUT2D eigenvalue weighted by atomic mass is 10.3. The number of pyridine rings is 1. The first-order valence-electron chi connectivity index (χ1n) is 4.69. The molecule has 1 aromatic carbocycles. The predicted molar refractivity (Wildman–Crippen MR) is 59.9 cm³/mol. The van der Waals surface area contributed by atoms with Crippen LogP contribution in [0.1, 0.15) is 5.69 Å². The molecule has 4 heteroatoms. The number of nitriles is 1. The van der Waals surface area contributed by atoms with Gasteiger partial charge in [0.25, 0.3) is 0 Å². The number of benzene rings is 1. The highest BCUT2D eigenvalue weighted by atomic mass is 16.5. The lowest BCUT2D eigenvalue weighted by molar-refractivity contribution is 0.462. The quantitative estimate of drug-likeness (QED) is 0.827. The van der Waals surface area contributed by atoms with Gasteiger partial charge in [-0.05, 0) is 18.2 Å². The maximum absolute atomic E-state index is 8.76. The summed E-state index contributed by atoms with van der Waals surface area (Å²) in [4.78, 5) is 3.98. The minimum Gasteiger partial charge on any atom is -0.439 e. The number of hydrogen-bond donors (Lipinski definition) is 1. The average Bonchev–Trinajstić information content (AvgIpc) is 2.33. The Morgan fingerprint density at radius 2 is 1.88 bits per heavy atom. The van der Waals surface area contributed by atoms with E-state index >= 15 is 0 Å². The zero-order valence-electron chi connectivity index (χ0n) is 8.42. The van der Waals surface area contributed by atoms with Gasteiger partial charge in [-0.15, -0.1) is 0 Å². The van der Waals surface area contributed by atoms with Crippen molar-refractivity contribution in [3.63, 3.8) is 0 Å². The van der Waals surface area contributed by atoms with Gasteiger partial charge in [-0.1, -0.05) is 18.2 Å². The van der Waals surface area contributed by atoms with Crippen LogP contribution in [0, 0.1) is 11.3 Å². The van der Waals surface area contributed by atoms with Crippen molar-refractivity contribution in [2.45, 2.75) is 0 Å². The molecule has 0 bridgehead atoms. The maximum Gasteiger partial charge on any atom is 0.220 e. The summed E-state index contributed by atoms with van der Waals surface area (Å²) in [6, 6.07) is 14.4. The Balaban J connectivity index is 2.27. The largest absolute Gasteiger partial charge is 0.439 e. The average molecular weight is 211 g/mol. The van der Waals surface area contributed by atoms with Gasteiger partial charge in [0.2, 0.25) is 5.88 Å². The molecule has 0 atom stereocenters. The van der Waals surface area contributed by atoms with Crippen molar-refractivity contribution in [3.05, 3.63) is 48.2 Å². The van der Waals surface area contributed by atoms with Crippen LogP contribution in [0.2, 0.25) is 0 Å². The normalized spacial score (nSPS) is 9.44. The van der Waals surface area contributed by atoms with Crippen molar-refractivity contribution >= 4 is 5.69 Å². The third kappa shape index (κ3) is 2.10. The number of hydrogen-bond acceptors (Lipinski definition) is 4. The number of rotatable bonds is 2. The van der Waals surface area contributed by atoms with Gasteiger partial charge in [0, 0.05) is 6.07 Å². The molecular formula is C12H9N3O. The molecule has 1 heterocycles. The minimum atomic E-state index is 0.174. The van der Waals surface area contributed by atoms with Crippen molar-refractivity contribution in [3.8, 4) is 17.7 Å². The number of anilines is 1. The summed E-state index contributed by atoms with van der Waals surface area (Å²) in [7, 11) is 0. The molecule has 2 rings (SSSR count). The molecule has 1 aromatic heterocycles. The molecule has 2 aromatic rings. The van der Waals surface area contributed by atoms with Crippen molar-refractivity contribution in [1.82, 2.24) is 4.98 Å². The van der Waals surface area contributed by atoms with Crippen LogP contribution in [0.3, 0.4) is 0 Å². The molecule has 78 valence electrons. The van der Waals surface area contributed by atoms with Gasteiger partial charge in [-0.2, -0.15) is 5.26 Å². The van der Waals surface area contributed by atoms with Crippen molar-refractivity contribution in [2.75, 3.05) is 5.73 Å². The molecule has 0 saturated heterocycles. The van der Waals surface area contributed by atoms with Crippen LogP contribution in [0.5, 0.6) is 11.6 Å². The lowest BCUT2D eigenvalue weighted by Crippen LogP contribution is -1.95. The van der Waals surface area contributed by atoms with Crippen LogP contribution < -0.4 is 10.5 Å². The zero-order valence-corrected chi connectivity index (χ0v) is 8.42. The zero-order chi connectivity index (χ0) is 11.4. The van der Waals surface area contributed by atoms with Crippen LogP contribution in [-0.4, -0.2) is 4.98 Å². The van der Waals surface area contributed by atoms with E-state index in [1.165, 1.54) is 0 Å². The maximum atomic E-state index is 8.76. The number of aromatic nitrogens is 1. The van der Waals surface area contributed by atoms with E-state index in [0.717, 1.165) is 0 Å². The van der Waals surface area contributed by atoms with E-state index in [1.54, 1.807) is 12.1 Å². The third-order valence-electron chi connectivity index (χ3n) is 1.97. The van der Waals surface area contributed by atoms with Gasteiger partial charge >= 0.3 is 0 Å². The molecular weight excluding hydrogens is 202 g/mol. The monoisotopic (exact) mass is 211 g/mol. The summed E-state index contributed by atoms with van der Waals surface area (Å²) in [5, 5.41) is 8.76. The topological polar surface area (TPSA) is 71.9 Å².